The van der Waals surface area contributed by atoms with Crippen LogP contribution < -0.4 is 11.5 Å². The smallest absolute Gasteiger partial charge is 0.296 e. The zero-order chi connectivity index (χ0) is 10.2. The zero-order valence-electron chi connectivity index (χ0n) is 6.98. The Labute approximate surface area is 76.1 Å². The van der Waals surface area contributed by atoms with E-state index in [0.717, 1.165) is 0 Å². The molecule has 0 amide bonds. The molecule has 0 saturated carbocycles. The minimum Gasteiger partial charge on any atom is -0.398 e. The molecule has 5 nitrogen and oxygen atoms in total. The first-order valence-electron chi connectivity index (χ1n) is 3.46. The normalized spacial score (nSPS) is 11.5. The number of rotatable bonds is 1. The summed E-state index contributed by atoms with van der Waals surface area (Å²) in [6.07, 6.45) is 0. The summed E-state index contributed by atoms with van der Waals surface area (Å²) >= 11 is 0. The van der Waals surface area contributed by atoms with E-state index in [2.05, 4.69) is 0 Å². The van der Waals surface area contributed by atoms with Gasteiger partial charge in [-0.1, -0.05) is 0 Å². The third-order valence-corrected chi connectivity index (χ3v) is 2.71. The fraction of sp³-hybridized carbons (Fsp3) is 0.143. The lowest BCUT2D eigenvalue weighted by Crippen LogP contribution is -2.06. The third kappa shape index (κ3) is 1.73. The average Bonchev–Trinajstić information content (AvgIpc) is 1.98. The van der Waals surface area contributed by atoms with Gasteiger partial charge in [0, 0.05) is 5.69 Å². The maximum atomic E-state index is 10.8. The number of hydrogen-bond donors (Lipinski definition) is 3. The summed E-state index contributed by atoms with van der Waals surface area (Å²) in [6.45, 7) is 1.58. The van der Waals surface area contributed by atoms with Crippen LogP contribution >= 0.6 is 0 Å². The summed E-state index contributed by atoms with van der Waals surface area (Å²) in [4.78, 5) is -0.306. The van der Waals surface area contributed by atoms with Gasteiger partial charge >= 0.3 is 0 Å². The summed E-state index contributed by atoms with van der Waals surface area (Å²) < 4.78 is 30.2. The van der Waals surface area contributed by atoms with Crippen LogP contribution in [0.1, 0.15) is 5.56 Å². The first kappa shape index (κ1) is 9.82. The van der Waals surface area contributed by atoms with E-state index < -0.39 is 10.1 Å². The highest BCUT2D eigenvalue weighted by Crippen LogP contribution is 2.25. The van der Waals surface area contributed by atoms with Gasteiger partial charge in [0.2, 0.25) is 0 Å². The van der Waals surface area contributed by atoms with Crippen LogP contribution in [0.25, 0.3) is 0 Å². The summed E-state index contributed by atoms with van der Waals surface area (Å²) in [5, 5.41) is 0. The van der Waals surface area contributed by atoms with Crippen molar-refractivity contribution in [1.82, 2.24) is 0 Å². The molecule has 1 aromatic carbocycles. The number of benzene rings is 1. The van der Waals surface area contributed by atoms with Crippen molar-refractivity contribution in [3.05, 3.63) is 17.7 Å². The molecule has 0 spiro atoms. The SMILES string of the molecule is Cc1c(N)ccc(S(=O)(=O)O)c1N. The largest absolute Gasteiger partial charge is 0.398 e. The van der Waals surface area contributed by atoms with Gasteiger partial charge in [-0.2, -0.15) is 8.42 Å². The average molecular weight is 202 g/mol. The topological polar surface area (TPSA) is 106 Å². The molecule has 0 fully saturated rings. The molecule has 0 aliphatic rings. The number of hydrogen-bond acceptors (Lipinski definition) is 4. The molecule has 5 N–H and O–H groups in total. The van der Waals surface area contributed by atoms with Gasteiger partial charge in [0.15, 0.2) is 0 Å². The minimum absolute atomic E-state index is 0.0116. The molecule has 1 aromatic rings. The van der Waals surface area contributed by atoms with Crippen molar-refractivity contribution in [2.45, 2.75) is 11.8 Å². The van der Waals surface area contributed by atoms with E-state index in [1.165, 1.54) is 12.1 Å². The van der Waals surface area contributed by atoms with E-state index in [1.54, 1.807) is 6.92 Å². The Balaban J connectivity index is 3.53. The highest BCUT2D eigenvalue weighted by Gasteiger charge is 2.15. The molecule has 0 aliphatic carbocycles. The number of nitrogens with two attached hydrogens (primary N) is 2. The van der Waals surface area contributed by atoms with Crippen molar-refractivity contribution < 1.29 is 13.0 Å². The van der Waals surface area contributed by atoms with E-state index in [-0.39, 0.29) is 10.6 Å². The molecule has 1 rings (SSSR count). The van der Waals surface area contributed by atoms with Gasteiger partial charge in [-0.05, 0) is 24.6 Å². The maximum absolute atomic E-state index is 10.8. The van der Waals surface area contributed by atoms with Gasteiger partial charge in [0.1, 0.15) is 4.90 Å². The summed E-state index contributed by atoms with van der Waals surface area (Å²) in [6, 6.07) is 2.56. The molecule has 0 bridgehead atoms. The standard InChI is InChI=1S/C7H10N2O3S/c1-4-5(8)2-3-6(7(4)9)13(10,11)12/h2-3H,8-9H2,1H3,(H,10,11,12). The van der Waals surface area contributed by atoms with Gasteiger partial charge in [-0.3, -0.25) is 4.55 Å². The van der Waals surface area contributed by atoms with E-state index in [1.807, 2.05) is 0 Å². The predicted molar refractivity (Wildman–Crippen MR) is 49.8 cm³/mol. The van der Waals surface area contributed by atoms with E-state index in [9.17, 15) is 8.42 Å². The van der Waals surface area contributed by atoms with Crippen molar-refractivity contribution in [2.75, 3.05) is 11.5 Å². The summed E-state index contributed by atoms with van der Waals surface area (Å²) in [7, 11) is -4.25. The molecule has 0 unspecified atom stereocenters. The predicted octanol–water partition coefficient (Wildman–Crippen LogP) is 0.406. The third-order valence-electron chi connectivity index (χ3n) is 1.79. The van der Waals surface area contributed by atoms with E-state index in [4.69, 9.17) is 16.0 Å². The van der Waals surface area contributed by atoms with Crippen molar-refractivity contribution >= 4 is 21.5 Å². The van der Waals surface area contributed by atoms with E-state index in [0.29, 0.717) is 11.3 Å². The highest BCUT2D eigenvalue weighted by atomic mass is 32.2. The van der Waals surface area contributed by atoms with Crippen LogP contribution in [0.2, 0.25) is 0 Å². The van der Waals surface area contributed by atoms with Gasteiger partial charge in [-0.15, -0.1) is 0 Å². The van der Waals surface area contributed by atoms with Gasteiger partial charge < -0.3 is 11.5 Å². The number of nitrogen functional groups attached to an aromatic ring is 2. The van der Waals surface area contributed by atoms with Gasteiger partial charge in [0.25, 0.3) is 10.1 Å². The zero-order valence-corrected chi connectivity index (χ0v) is 7.80. The lowest BCUT2D eigenvalue weighted by molar-refractivity contribution is 0.483. The van der Waals surface area contributed by atoms with Gasteiger partial charge in [-0.25, -0.2) is 0 Å². The maximum Gasteiger partial charge on any atom is 0.296 e. The molecule has 0 aromatic heterocycles. The van der Waals surface area contributed by atoms with Crippen LogP contribution in [0, 0.1) is 6.92 Å². The molecule has 6 heteroatoms. The minimum atomic E-state index is -4.25. The summed E-state index contributed by atoms with van der Waals surface area (Å²) in [5.74, 6) is 0. The van der Waals surface area contributed by atoms with Crippen LogP contribution in [0.15, 0.2) is 17.0 Å². The first-order chi connectivity index (χ1) is 5.84. The second kappa shape index (κ2) is 2.90. The second-order valence-electron chi connectivity index (χ2n) is 2.67. The van der Waals surface area contributed by atoms with Crippen molar-refractivity contribution in [3.8, 4) is 0 Å². The Bertz CT molecular complexity index is 439. The van der Waals surface area contributed by atoms with Crippen molar-refractivity contribution in [2.24, 2.45) is 0 Å². The van der Waals surface area contributed by atoms with E-state index >= 15 is 0 Å². The van der Waals surface area contributed by atoms with Crippen LogP contribution in [0.3, 0.4) is 0 Å². The molecule has 0 atom stereocenters. The Kier molecular flexibility index (Phi) is 2.19. The lowest BCUT2D eigenvalue weighted by atomic mass is 10.2. The molecule has 13 heavy (non-hydrogen) atoms. The van der Waals surface area contributed by atoms with Crippen LogP contribution in [0.4, 0.5) is 11.4 Å². The second-order valence-corrected chi connectivity index (χ2v) is 4.06. The Morgan fingerprint density at radius 2 is 1.85 bits per heavy atom. The Morgan fingerprint density at radius 1 is 1.31 bits per heavy atom. The molecule has 0 radical (unpaired) electrons. The molecular formula is C7H10N2O3S. The molecule has 0 aliphatic heterocycles. The monoisotopic (exact) mass is 202 g/mol. The fourth-order valence-corrected chi connectivity index (χ4v) is 1.62. The molecule has 0 saturated heterocycles. The van der Waals surface area contributed by atoms with Crippen LogP contribution in [-0.2, 0) is 10.1 Å². The van der Waals surface area contributed by atoms with Gasteiger partial charge in [0.05, 0.1) is 5.69 Å². The molecule has 72 valence electrons. The first-order valence-corrected chi connectivity index (χ1v) is 4.90. The van der Waals surface area contributed by atoms with Crippen molar-refractivity contribution in [3.63, 3.8) is 0 Å². The van der Waals surface area contributed by atoms with Crippen LogP contribution in [-0.4, -0.2) is 13.0 Å². The quantitative estimate of drug-likeness (QED) is 0.451. The Hall–Kier alpha value is -1.27. The summed E-state index contributed by atoms with van der Waals surface area (Å²) in [5.41, 5.74) is 11.8. The number of anilines is 2. The van der Waals surface area contributed by atoms with Crippen molar-refractivity contribution in [1.29, 1.82) is 0 Å². The highest BCUT2D eigenvalue weighted by molar-refractivity contribution is 7.86. The Morgan fingerprint density at radius 3 is 2.31 bits per heavy atom. The lowest BCUT2D eigenvalue weighted by Gasteiger charge is -2.07. The fourth-order valence-electron chi connectivity index (χ4n) is 0.945. The molecule has 0 heterocycles. The van der Waals surface area contributed by atoms with Crippen LogP contribution in [0.5, 0.6) is 0 Å². The molecular weight excluding hydrogens is 192 g/mol.